The number of hydrogen-bond acceptors (Lipinski definition) is 3. The Morgan fingerprint density at radius 1 is 1.46 bits per heavy atom. The third-order valence-corrected chi connectivity index (χ3v) is 3.98. The summed E-state index contributed by atoms with van der Waals surface area (Å²) in [5, 5.41) is 9.86. The normalized spacial score (nSPS) is 35.0. The van der Waals surface area contributed by atoms with E-state index < -0.39 is 0 Å². The molecule has 13 heavy (non-hydrogen) atoms. The second-order valence-electron chi connectivity index (χ2n) is 4.21. The van der Waals surface area contributed by atoms with Gasteiger partial charge in [-0.2, -0.15) is 0 Å². The Balaban J connectivity index is 2.16. The maximum atomic E-state index is 9.86. The van der Waals surface area contributed by atoms with Crippen molar-refractivity contribution in [1.29, 1.82) is 0 Å². The van der Waals surface area contributed by atoms with Gasteiger partial charge < -0.3 is 0 Å². The number of rotatable bonds is 0. The van der Waals surface area contributed by atoms with Crippen LogP contribution in [0.4, 0.5) is 0 Å². The summed E-state index contributed by atoms with van der Waals surface area (Å²) in [4.78, 5) is 6.63. The fourth-order valence-corrected chi connectivity index (χ4v) is 2.87. The number of aliphatic imine (C=N–C) groups is 1. The zero-order chi connectivity index (χ0) is 9.26. The molecule has 2 unspecified atom stereocenters. The van der Waals surface area contributed by atoms with Crippen molar-refractivity contribution in [1.82, 2.24) is 4.90 Å². The molecule has 2 aliphatic rings. The van der Waals surface area contributed by atoms with Crippen LogP contribution in [0.1, 0.15) is 25.7 Å². The van der Waals surface area contributed by atoms with Crippen molar-refractivity contribution < 1.29 is 5.11 Å². The Kier molecular flexibility index (Phi) is 3.30. The molecule has 0 spiro atoms. The third-order valence-electron chi connectivity index (χ3n) is 2.99. The van der Waals surface area contributed by atoms with Crippen LogP contribution in [-0.4, -0.2) is 63.1 Å². The molecule has 2 rings (SSSR count). The first-order valence-corrected chi connectivity index (χ1v) is 6.41. The van der Waals surface area contributed by atoms with Crippen molar-refractivity contribution in [2.45, 2.75) is 35.1 Å². The predicted molar refractivity (Wildman–Crippen MR) is 53.0 cm³/mol. The first kappa shape index (κ1) is 9.97. The molecule has 2 heterocycles. The molecule has 0 radical (unpaired) electrons. The van der Waals surface area contributed by atoms with E-state index >= 15 is 0 Å². The van der Waals surface area contributed by atoms with E-state index in [0.29, 0.717) is 0 Å². The number of amidine groups is 1. The average molecular weight is 190 g/mol. The summed E-state index contributed by atoms with van der Waals surface area (Å²) in [7, 11) is 0. The van der Waals surface area contributed by atoms with Gasteiger partial charge in [-0.05, 0) is 0 Å². The molecule has 68 valence electrons. The van der Waals surface area contributed by atoms with Crippen LogP contribution >= 0.6 is 0 Å². The van der Waals surface area contributed by atoms with Crippen LogP contribution < -0.4 is 0 Å². The van der Waals surface area contributed by atoms with Gasteiger partial charge in [-0.3, -0.25) is 0 Å². The van der Waals surface area contributed by atoms with Gasteiger partial charge in [0.25, 0.3) is 0 Å². The Bertz CT molecular complexity index is 220. The monoisotopic (exact) mass is 190 g/mol. The molecule has 1 fully saturated rings. The standard InChI is InChI=1S/C9H15N2O.Na/c12-9-5-2-1-4-8-10-6-3-7-11(8)9;/h1,9,12H,2-7H2;. The van der Waals surface area contributed by atoms with Gasteiger partial charge >= 0.3 is 96.9 Å². The van der Waals surface area contributed by atoms with Gasteiger partial charge in [-0.15, -0.1) is 0 Å². The van der Waals surface area contributed by atoms with Crippen molar-refractivity contribution in [2.75, 3.05) is 13.1 Å². The van der Waals surface area contributed by atoms with Crippen LogP contribution in [0, 0.1) is 0 Å². The molecule has 4 heteroatoms. The molecule has 1 saturated heterocycles. The topological polar surface area (TPSA) is 35.8 Å². The summed E-state index contributed by atoms with van der Waals surface area (Å²) in [5.41, 5.74) is 0. The van der Waals surface area contributed by atoms with E-state index in [-0.39, 0.29) is 6.23 Å². The van der Waals surface area contributed by atoms with Crippen LogP contribution in [0.5, 0.6) is 0 Å². The van der Waals surface area contributed by atoms with E-state index in [2.05, 4.69) is 9.89 Å². The fraction of sp³-hybridized carbons (Fsp3) is 0.889. The SMILES string of the molecule is OC1CC[CH]([Na])CC2=NCCCN21. The number of aliphatic hydroxyl groups is 1. The van der Waals surface area contributed by atoms with Gasteiger partial charge in [0.2, 0.25) is 0 Å². The first-order valence-electron chi connectivity index (χ1n) is 5.25. The van der Waals surface area contributed by atoms with Crippen LogP contribution in [-0.2, 0) is 0 Å². The van der Waals surface area contributed by atoms with E-state index in [1.807, 2.05) is 0 Å². The average Bonchev–Trinajstić information content (AvgIpc) is 2.27. The summed E-state index contributed by atoms with van der Waals surface area (Å²) in [6.45, 7) is 1.97. The van der Waals surface area contributed by atoms with Crippen molar-refractivity contribution in [3.8, 4) is 0 Å². The molecule has 0 aromatic rings. The molecule has 0 amide bonds. The molecule has 0 aromatic heterocycles. The van der Waals surface area contributed by atoms with E-state index in [9.17, 15) is 5.11 Å². The Hall–Kier alpha value is 0.430. The molecule has 0 aliphatic carbocycles. The molecule has 0 aromatic carbocycles. The second-order valence-corrected chi connectivity index (χ2v) is 5.85. The summed E-state index contributed by atoms with van der Waals surface area (Å²) < 4.78 is 0.816. The van der Waals surface area contributed by atoms with Crippen LogP contribution in [0.25, 0.3) is 0 Å². The minimum atomic E-state index is -0.252. The Morgan fingerprint density at radius 2 is 2.31 bits per heavy atom. The van der Waals surface area contributed by atoms with Gasteiger partial charge in [0.05, 0.1) is 0 Å². The van der Waals surface area contributed by atoms with E-state index in [1.54, 1.807) is 0 Å². The van der Waals surface area contributed by atoms with Gasteiger partial charge in [0.1, 0.15) is 0 Å². The molecular weight excluding hydrogens is 175 g/mol. The Morgan fingerprint density at radius 3 is 3.15 bits per heavy atom. The number of hydrogen-bond donors (Lipinski definition) is 1. The molecule has 1 N–H and O–H groups in total. The molecule has 3 nitrogen and oxygen atoms in total. The van der Waals surface area contributed by atoms with Crippen LogP contribution in [0.2, 0.25) is 3.17 Å². The van der Waals surface area contributed by atoms with Crippen molar-refractivity contribution in [2.24, 2.45) is 4.99 Å². The van der Waals surface area contributed by atoms with E-state index in [4.69, 9.17) is 0 Å². The first-order chi connectivity index (χ1) is 6.27. The minimum absolute atomic E-state index is 0.252. The van der Waals surface area contributed by atoms with Crippen LogP contribution in [0.15, 0.2) is 4.99 Å². The zero-order valence-corrected chi connectivity index (χ0v) is 10.2. The second kappa shape index (κ2) is 4.30. The van der Waals surface area contributed by atoms with E-state index in [1.165, 1.54) is 40.2 Å². The maximum absolute atomic E-state index is 9.86. The summed E-state index contributed by atoms with van der Waals surface area (Å²) >= 11 is 1.23. The number of nitrogens with zero attached hydrogens (tertiary/aromatic N) is 2. The van der Waals surface area contributed by atoms with E-state index in [0.717, 1.165) is 35.5 Å². The predicted octanol–water partition coefficient (Wildman–Crippen LogP) is 0.550. The third kappa shape index (κ3) is 2.27. The summed E-state index contributed by atoms with van der Waals surface area (Å²) in [6, 6.07) is 0. The molecule has 2 aliphatic heterocycles. The van der Waals surface area contributed by atoms with Crippen molar-refractivity contribution >= 4 is 33.8 Å². The van der Waals surface area contributed by atoms with Crippen molar-refractivity contribution in [3.05, 3.63) is 0 Å². The summed E-state index contributed by atoms with van der Waals surface area (Å²) in [6.07, 6.45) is 4.09. The summed E-state index contributed by atoms with van der Waals surface area (Å²) in [5.74, 6) is 1.18. The quantitative estimate of drug-likeness (QED) is 0.566. The van der Waals surface area contributed by atoms with Gasteiger partial charge in [0, 0.05) is 0 Å². The molecular formula is C9H15N2NaO. The van der Waals surface area contributed by atoms with Gasteiger partial charge in [0.15, 0.2) is 0 Å². The van der Waals surface area contributed by atoms with Crippen LogP contribution in [0.3, 0.4) is 0 Å². The van der Waals surface area contributed by atoms with Crippen molar-refractivity contribution in [3.63, 3.8) is 0 Å². The number of fused-ring (bicyclic) bond motifs is 1. The van der Waals surface area contributed by atoms with Gasteiger partial charge in [-0.25, -0.2) is 0 Å². The fourth-order valence-electron chi connectivity index (χ4n) is 2.18. The van der Waals surface area contributed by atoms with Gasteiger partial charge in [-0.1, -0.05) is 0 Å². The molecule has 0 saturated carbocycles. The number of aliphatic hydroxyl groups excluding tert-OH is 1. The zero-order valence-electron chi connectivity index (χ0n) is 8.24. The molecule has 2 atom stereocenters. The molecule has 0 bridgehead atoms. The Labute approximate surface area is 96.6 Å².